The van der Waals surface area contributed by atoms with Crippen LogP contribution in [0.4, 0.5) is 0 Å². The van der Waals surface area contributed by atoms with E-state index in [2.05, 4.69) is 26.8 Å². The standard InChI is InChI=1S/C28H46O4/c1-16(24-15-23(25(30)32-24)26(2,3)31)20-8-9-21-19-7-6-17-14-18(29)10-12-27(17,4)22(19)11-13-28(20,21)5/h6,16,18-25,29-31H,7-15H2,1-5H3/t16-,18-,19-,20+,21-,22-,23?,24+,25?,27-,28+/m0/s1. The van der Waals surface area contributed by atoms with Crippen LogP contribution in [-0.2, 0) is 4.74 Å². The summed E-state index contributed by atoms with van der Waals surface area (Å²) in [6, 6.07) is 0. The lowest BCUT2D eigenvalue weighted by atomic mass is 9.47. The van der Waals surface area contributed by atoms with Crippen molar-refractivity contribution in [2.45, 2.75) is 117 Å². The van der Waals surface area contributed by atoms with E-state index >= 15 is 0 Å². The molecule has 0 amide bonds. The van der Waals surface area contributed by atoms with Crippen molar-refractivity contribution in [2.24, 2.45) is 46.3 Å². The third-order valence-corrected chi connectivity index (χ3v) is 11.4. The molecule has 11 atom stereocenters. The summed E-state index contributed by atoms with van der Waals surface area (Å²) >= 11 is 0. The van der Waals surface area contributed by atoms with Crippen LogP contribution in [0.15, 0.2) is 11.6 Å². The number of hydrogen-bond donors (Lipinski definition) is 3. The highest BCUT2D eigenvalue weighted by molar-refractivity contribution is 5.25. The molecule has 182 valence electrons. The number of ether oxygens (including phenoxy) is 1. The second-order valence-electron chi connectivity index (χ2n) is 13.3. The Kier molecular flexibility index (Phi) is 5.68. The van der Waals surface area contributed by atoms with Crippen LogP contribution in [-0.4, -0.2) is 39.4 Å². The van der Waals surface area contributed by atoms with E-state index in [1.54, 1.807) is 19.4 Å². The maximum atomic E-state index is 10.5. The predicted octanol–water partition coefficient (Wildman–Crippen LogP) is 5.06. The van der Waals surface area contributed by atoms with Gasteiger partial charge in [0.15, 0.2) is 6.29 Å². The maximum absolute atomic E-state index is 10.5. The molecule has 4 aliphatic carbocycles. The zero-order valence-electron chi connectivity index (χ0n) is 20.9. The molecular weight excluding hydrogens is 400 g/mol. The van der Waals surface area contributed by atoms with Crippen LogP contribution in [0.5, 0.6) is 0 Å². The minimum atomic E-state index is -0.913. The van der Waals surface area contributed by atoms with Crippen molar-refractivity contribution in [3.63, 3.8) is 0 Å². The van der Waals surface area contributed by atoms with E-state index < -0.39 is 11.9 Å². The second-order valence-corrected chi connectivity index (χ2v) is 13.3. The summed E-state index contributed by atoms with van der Waals surface area (Å²) in [6.07, 6.45) is 11.7. The van der Waals surface area contributed by atoms with Crippen LogP contribution in [0, 0.1) is 46.3 Å². The molecule has 1 saturated heterocycles. The van der Waals surface area contributed by atoms with Crippen LogP contribution in [0.3, 0.4) is 0 Å². The molecule has 0 radical (unpaired) electrons. The zero-order valence-corrected chi connectivity index (χ0v) is 20.9. The van der Waals surface area contributed by atoms with Gasteiger partial charge in [0.05, 0.1) is 17.8 Å². The molecule has 5 aliphatic rings. The molecule has 5 rings (SSSR count). The summed E-state index contributed by atoms with van der Waals surface area (Å²) in [5, 5.41) is 31.2. The first-order valence-corrected chi connectivity index (χ1v) is 13.4. The van der Waals surface area contributed by atoms with Gasteiger partial charge in [-0.3, -0.25) is 0 Å². The summed E-state index contributed by atoms with van der Waals surface area (Å²) in [4.78, 5) is 0. The minimum absolute atomic E-state index is 0.0370. The number of allylic oxidation sites excluding steroid dienone is 1. The summed E-state index contributed by atoms with van der Waals surface area (Å²) in [6.45, 7) is 11.0. The lowest BCUT2D eigenvalue weighted by Crippen LogP contribution is -2.51. The molecule has 4 nitrogen and oxygen atoms in total. The molecule has 0 aromatic carbocycles. The largest absolute Gasteiger partial charge is 0.393 e. The van der Waals surface area contributed by atoms with Crippen LogP contribution in [0.1, 0.15) is 92.4 Å². The van der Waals surface area contributed by atoms with Crippen molar-refractivity contribution >= 4 is 0 Å². The van der Waals surface area contributed by atoms with E-state index in [1.165, 1.54) is 32.1 Å². The Morgan fingerprint density at radius 2 is 1.81 bits per heavy atom. The minimum Gasteiger partial charge on any atom is -0.393 e. The average Bonchev–Trinajstić information content (AvgIpc) is 3.28. The number of aliphatic hydroxyl groups is 3. The van der Waals surface area contributed by atoms with E-state index in [-0.39, 0.29) is 18.1 Å². The van der Waals surface area contributed by atoms with Crippen LogP contribution < -0.4 is 0 Å². The summed E-state index contributed by atoms with van der Waals surface area (Å²) in [7, 11) is 0. The first-order valence-electron chi connectivity index (χ1n) is 13.4. The van der Waals surface area contributed by atoms with E-state index in [4.69, 9.17) is 4.74 Å². The van der Waals surface area contributed by atoms with Gasteiger partial charge in [-0.15, -0.1) is 0 Å². The van der Waals surface area contributed by atoms with E-state index in [9.17, 15) is 15.3 Å². The lowest BCUT2D eigenvalue weighted by Gasteiger charge is -2.58. The first-order chi connectivity index (χ1) is 14.9. The fourth-order valence-corrected chi connectivity index (χ4v) is 9.48. The SMILES string of the molecule is C[C@@H]([C@H]1CC[C@H]2[C@@H]3CC=C4C[C@@H](O)CC[C@]4(C)[C@H]3CC[C@]12C)[C@H]1CC(C(C)(C)O)C(O)O1. The fraction of sp³-hybridized carbons (Fsp3) is 0.929. The van der Waals surface area contributed by atoms with Gasteiger partial charge in [0.2, 0.25) is 0 Å². The molecular formula is C28H46O4. The molecule has 1 heterocycles. The van der Waals surface area contributed by atoms with Gasteiger partial charge >= 0.3 is 0 Å². The monoisotopic (exact) mass is 446 g/mol. The van der Waals surface area contributed by atoms with E-state index in [0.717, 1.165) is 43.4 Å². The molecule has 0 aromatic heterocycles. The molecule has 0 spiro atoms. The number of hydrogen-bond acceptors (Lipinski definition) is 4. The van der Waals surface area contributed by atoms with Gasteiger partial charge in [0, 0.05) is 5.92 Å². The number of fused-ring (bicyclic) bond motifs is 5. The summed E-state index contributed by atoms with van der Waals surface area (Å²) in [5.74, 6) is 3.13. The first kappa shape index (κ1) is 23.3. The Morgan fingerprint density at radius 1 is 1.06 bits per heavy atom. The molecule has 3 saturated carbocycles. The smallest absolute Gasteiger partial charge is 0.160 e. The topological polar surface area (TPSA) is 69.9 Å². The molecule has 0 bridgehead atoms. The summed E-state index contributed by atoms with van der Waals surface area (Å²) in [5.41, 5.74) is 1.28. The van der Waals surface area contributed by atoms with Crippen molar-refractivity contribution in [3.8, 4) is 0 Å². The Bertz CT molecular complexity index is 755. The molecule has 2 unspecified atom stereocenters. The van der Waals surface area contributed by atoms with Gasteiger partial charge in [0.25, 0.3) is 0 Å². The van der Waals surface area contributed by atoms with Crippen molar-refractivity contribution in [1.29, 1.82) is 0 Å². The quantitative estimate of drug-likeness (QED) is 0.530. The Morgan fingerprint density at radius 3 is 2.50 bits per heavy atom. The second kappa shape index (κ2) is 7.80. The Balaban J connectivity index is 1.34. The van der Waals surface area contributed by atoms with Crippen molar-refractivity contribution in [2.75, 3.05) is 0 Å². The molecule has 4 fully saturated rings. The van der Waals surface area contributed by atoms with Crippen molar-refractivity contribution in [1.82, 2.24) is 0 Å². The van der Waals surface area contributed by atoms with E-state index in [0.29, 0.717) is 22.7 Å². The third-order valence-electron chi connectivity index (χ3n) is 11.4. The molecule has 32 heavy (non-hydrogen) atoms. The van der Waals surface area contributed by atoms with Crippen LogP contribution in [0.2, 0.25) is 0 Å². The fourth-order valence-electron chi connectivity index (χ4n) is 9.48. The normalized spacial score (nSPS) is 52.1. The highest BCUT2D eigenvalue weighted by Gasteiger charge is 2.60. The maximum Gasteiger partial charge on any atom is 0.160 e. The van der Waals surface area contributed by atoms with Crippen molar-refractivity contribution in [3.05, 3.63) is 11.6 Å². The number of rotatable bonds is 3. The van der Waals surface area contributed by atoms with Gasteiger partial charge in [-0.05, 0) is 112 Å². The van der Waals surface area contributed by atoms with Gasteiger partial charge < -0.3 is 20.1 Å². The predicted molar refractivity (Wildman–Crippen MR) is 126 cm³/mol. The van der Waals surface area contributed by atoms with E-state index in [1.807, 2.05) is 0 Å². The van der Waals surface area contributed by atoms with Gasteiger partial charge in [-0.2, -0.15) is 0 Å². The van der Waals surface area contributed by atoms with Gasteiger partial charge in [0.1, 0.15) is 0 Å². The van der Waals surface area contributed by atoms with Crippen molar-refractivity contribution < 1.29 is 20.1 Å². The summed E-state index contributed by atoms with van der Waals surface area (Å²) < 4.78 is 6.07. The third kappa shape index (κ3) is 3.46. The lowest BCUT2D eigenvalue weighted by molar-refractivity contribution is -0.154. The number of aliphatic hydroxyl groups excluding tert-OH is 2. The molecule has 0 aromatic rings. The van der Waals surface area contributed by atoms with Crippen LogP contribution in [0.25, 0.3) is 0 Å². The molecule has 3 N–H and O–H groups in total. The Hall–Kier alpha value is -0.420. The van der Waals surface area contributed by atoms with Gasteiger partial charge in [-0.25, -0.2) is 0 Å². The van der Waals surface area contributed by atoms with Gasteiger partial charge in [-0.1, -0.05) is 32.4 Å². The average molecular weight is 447 g/mol. The van der Waals surface area contributed by atoms with Crippen LogP contribution >= 0.6 is 0 Å². The Labute approximate surface area is 194 Å². The zero-order chi connectivity index (χ0) is 23.1. The molecule has 1 aliphatic heterocycles. The highest BCUT2D eigenvalue weighted by atomic mass is 16.6. The molecule has 4 heteroatoms. The highest BCUT2D eigenvalue weighted by Crippen LogP contribution is 2.67.